The van der Waals surface area contributed by atoms with Crippen molar-refractivity contribution in [3.05, 3.63) is 66.2 Å². The normalized spacial score (nSPS) is 10.0. The molecule has 3 N–H and O–H groups in total. The largest absolute Gasteiger partial charge is 0.478 e. The zero-order chi connectivity index (χ0) is 14.8. The van der Waals surface area contributed by atoms with E-state index in [1.54, 1.807) is 22.9 Å². The number of anilines is 1. The van der Waals surface area contributed by atoms with E-state index in [4.69, 9.17) is 10.8 Å². The molecule has 0 amide bonds. The Balaban J connectivity index is 0.00000176. The average Bonchev–Trinajstić information content (AvgIpc) is 2.90. The number of aromatic carboxylic acids is 1. The number of carboxylic acid groups (broad SMARTS) is 1. The lowest BCUT2D eigenvalue weighted by molar-refractivity contribution is 0.0697. The summed E-state index contributed by atoms with van der Waals surface area (Å²) in [5.41, 5.74) is 8.69. The monoisotopic (exact) mass is 315 g/mol. The Hall–Kier alpha value is -2.79. The lowest BCUT2D eigenvalue weighted by Crippen LogP contribution is -2.03. The van der Waals surface area contributed by atoms with Gasteiger partial charge in [-0.15, -0.1) is 12.4 Å². The van der Waals surface area contributed by atoms with Crippen molar-refractivity contribution in [2.75, 3.05) is 5.73 Å². The van der Waals surface area contributed by atoms with Crippen molar-refractivity contribution in [1.29, 1.82) is 0 Å². The first-order chi connectivity index (χ1) is 10.1. The summed E-state index contributed by atoms with van der Waals surface area (Å²) in [6.07, 6.45) is 0. The van der Waals surface area contributed by atoms with E-state index in [1.165, 1.54) is 12.1 Å². The maximum atomic E-state index is 10.9. The smallest absolute Gasteiger partial charge is 0.335 e. The number of nitrogen functional groups attached to an aromatic ring is 1. The maximum Gasteiger partial charge on any atom is 0.335 e. The minimum atomic E-state index is -0.958. The van der Waals surface area contributed by atoms with Gasteiger partial charge in [-0.2, -0.15) is 5.10 Å². The molecule has 0 saturated heterocycles. The van der Waals surface area contributed by atoms with E-state index in [9.17, 15) is 4.79 Å². The first-order valence-electron chi connectivity index (χ1n) is 6.40. The molecule has 0 saturated carbocycles. The zero-order valence-corrected chi connectivity index (χ0v) is 12.3. The standard InChI is InChI=1S/C16H13N3O2.ClH/c17-15-10-14(11-4-2-1-3-5-11)18-19(15)13-8-6-12(7-9-13)16(20)21;/h1-10H,17H2,(H,20,21);1H. The summed E-state index contributed by atoms with van der Waals surface area (Å²) in [6, 6.07) is 17.9. The van der Waals surface area contributed by atoms with Crippen LogP contribution < -0.4 is 5.73 Å². The van der Waals surface area contributed by atoms with Gasteiger partial charge in [0.1, 0.15) is 5.82 Å². The molecular weight excluding hydrogens is 302 g/mol. The second-order valence-electron chi connectivity index (χ2n) is 4.58. The minimum absolute atomic E-state index is 0. The number of aromatic nitrogens is 2. The second-order valence-corrected chi connectivity index (χ2v) is 4.58. The summed E-state index contributed by atoms with van der Waals surface area (Å²) >= 11 is 0. The number of hydrogen-bond donors (Lipinski definition) is 2. The van der Waals surface area contributed by atoms with Gasteiger partial charge in [0.15, 0.2) is 0 Å². The van der Waals surface area contributed by atoms with E-state index in [1.807, 2.05) is 30.3 Å². The SMILES string of the molecule is Cl.Nc1cc(-c2ccccc2)nn1-c1ccc(C(=O)O)cc1. The fraction of sp³-hybridized carbons (Fsp3) is 0. The Kier molecular flexibility index (Phi) is 4.48. The molecular formula is C16H14ClN3O2. The molecule has 6 heteroatoms. The third kappa shape index (κ3) is 2.94. The van der Waals surface area contributed by atoms with Crippen LogP contribution in [0.4, 0.5) is 5.82 Å². The number of nitrogens with zero attached hydrogens (tertiary/aromatic N) is 2. The van der Waals surface area contributed by atoms with Gasteiger partial charge in [0.2, 0.25) is 0 Å². The summed E-state index contributed by atoms with van der Waals surface area (Å²) in [5.74, 6) is -0.461. The van der Waals surface area contributed by atoms with Gasteiger partial charge < -0.3 is 10.8 Å². The predicted octanol–water partition coefficient (Wildman–Crippen LogP) is 3.24. The predicted molar refractivity (Wildman–Crippen MR) is 87.6 cm³/mol. The van der Waals surface area contributed by atoms with Gasteiger partial charge >= 0.3 is 5.97 Å². The van der Waals surface area contributed by atoms with Gasteiger partial charge in [0, 0.05) is 11.6 Å². The topological polar surface area (TPSA) is 81.1 Å². The molecule has 0 fully saturated rings. The Labute approximate surface area is 133 Å². The van der Waals surface area contributed by atoms with Crippen molar-refractivity contribution in [2.24, 2.45) is 0 Å². The van der Waals surface area contributed by atoms with Crippen LogP contribution in [0, 0.1) is 0 Å². The van der Waals surface area contributed by atoms with Crippen LogP contribution >= 0.6 is 12.4 Å². The van der Waals surface area contributed by atoms with E-state index >= 15 is 0 Å². The number of nitrogens with two attached hydrogens (primary N) is 1. The molecule has 0 aliphatic carbocycles. The molecule has 0 bridgehead atoms. The molecule has 2 aromatic carbocycles. The van der Waals surface area contributed by atoms with Crippen LogP contribution in [-0.4, -0.2) is 20.9 Å². The molecule has 22 heavy (non-hydrogen) atoms. The molecule has 1 heterocycles. The molecule has 0 aliphatic rings. The van der Waals surface area contributed by atoms with Gasteiger partial charge in [-0.25, -0.2) is 9.48 Å². The van der Waals surface area contributed by atoms with E-state index in [0.717, 1.165) is 16.9 Å². The molecule has 0 spiro atoms. The molecule has 3 rings (SSSR count). The average molecular weight is 316 g/mol. The number of halogens is 1. The fourth-order valence-electron chi connectivity index (χ4n) is 2.10. The molecule has 0 radical (unpaired) electrons. The van der Waals surface area contributed by atoms with Crippen molar-refractivity contribution in [3.63, 3.8) is 0 Å². The Morgan fingerprint density at radius 3 is 2.27 bits per heavy atom. The first kappa shape index (κ1) is 15.6. The highest BCUT2D eigenvalue weighted by Gasteiger charge is 2.09. The highest BCUT2D eigenvalue weighted by molar-refractivity contribution is 5.87. The minimum Gasteiger partial charge on any atom is -0.478 e. The van der Waals surface area contributed by atoms with Gasteiger partial charge in [0.25, 0.3) is 0 Å². The van der Waals surface area contributed by atoms with Crippen molar-refractivity contribution in [3.8, 4) is 16.9 Å². The highest BCUT2D eigenvalue weighted by Crippen LogP contribution is 2.22. The summed E-state index contributed by atoms with van der Waals surface area (Å²) in [5, 5.41) is 13.4. The quantitative estimate of drug-likeness (QED) is 0.777. The lowest BCUT2D eigenvalue weighted by Gasteiger charge is -2.04. The summed E-state index contributed by atoms with van der Waals surface area (Å²) in [4.78, 5) is 10.9. The first-order valence-corrected chi connectivity index (χ1v) is 6.40. The van der Waals surface area contributed by atoms with Gasteiger partial charge in [-0.3, -0.25) is 0 Å². The molecule has 5 nitrogen and oxygen atoms in total. The molecule has 3 aromatic rings. The third-order valence-corrected chi connectivity index (χ3v) is 3.17. The summed E-state index contributed by atoms with van der Waals surface area (Å²) < 4.78 is 1.59. The molecule has 0 unspecified atom stereocenters. The Morgan fingerprint density at radius 1 is 1.05 bits per heavy atom. The Morgan fingerprint density at radius 2 is 1.68 bits per heavy atom. The van der Waals surface area contributed by atoms with Gasteiger partial charge in [-0.1, -0.05) is 30.3 Å². The maximum absolute atomic E-state index is 10.9. The van der Waals surface area contributed by atoms with E-state index in [0.29, 0.717) is 5.82 Å². The zero-order valence-electron chi connectivity index (χ0n) is 11.5. The fourth-order valence-corrected chi connectivity index (χ4v) is 2.10. The summed E-state index contributed by atoms with van der Waals surface area (Å²) in [7, 11) is 0. The van der Waals surface area contributed by atoms with Gasteiger partial charge in [-0.05, 0) is 24.3 Å². The second kappa shape index (κ2) is 6.32. The van der Waals surface area contributed by atoms with Gasteiger partial charge in [0.05, 0.1) is 16.9 Å². The number of carboxylic acids is 1. The molecule has 0 atom stereocenters. The van der Waals surface area contributed by atoms with Crippen LogP contribution in [0.2, 0.25) is 0 Å². The molecule has 1 aromatic heterocycles. The lowest BCUT2D eigenvalue weighted by atomic mass is 10.2. The van der Waals surface area contributed by atoms with Crippen molar-refractivity contribution in [2.45, 2.75) is 0 Å². The number of rotatable bonds is 3. The summed E-state index contributed by atoms with van der Waals surface area (Å²) in [6.45, 7) is 0. The van der Waals surface area contributed by atoms with Crippen LogP contribution in [0.1, 0.15) is 10.4 Å². The van der Waals surface area contributed by atoms with Crippen LogP contribution in [-0.2, 0) is 0 Å². The number of hydrogen-bond acceptors (Lipinski definition) is 3. The van der Waals surface area contributed by atoms with Crippen molar-refractivity contribution in [1.82, 2.24) is 9.78 Å². The van der Waals surface area contributed by atoms with Crippen LogP contribution in [0.25, 0.3) is 16.9 Å². The number of benzene rings is 2. The van der Waals surface area contributed by atoms with E-state index < -0.39 is 5.97 Å². The Bertz CT molecular complexity index is 783. The molecule has 112 valence electrons. The molecule has 0 aliphatic heterocycles. The van der Waals surface area contributed by atoms with Crippen LogP contribution in [0.15, 0.2) is 60.7 Å². The van der Waals surface area contributed by atoms with Crippen molar-refractivity contribution < 1.29 is 9.90 Å². The van der Waals surface area contributed by atoms with Crippen molar-refractivity contribution >= 4 is 24.2 Å². The van der Waals surface area contributed by atoms with E-state index in [2.05, 4.69) is 5.10 Å². The van der Waals surface area contributed by atoms with Crippen LogP contribution in [0.5, 0.6) is 0 Å². The number of carbonyl (C=O) groups is 1. The van der Waals surface area contributed by atoms with Crippen LogP contribution in [0.3, 0.4) is 0 Å². The third-order valence-electron chi connectivity index (χ3n) is 3.17. The highest BCUT2D eigenvalue weighted by atomic mass is 35.5. The van der Waals surface area contributed by atoms with E-state index in [-0.39, 0.29) is 18.0 Å².